The Balaban J connectivity index is 1.88. The molecule has 0 unspecified atom stereocenters. The molecule has 1 aromatic carbocycles. The van der Waals surface area contributed by atoms with E-state index in [1.165, 1.54) is 0 Å². The van der Waals surface area contributed by atoms with Crippen LogP contribution in [-0.2, 0) is 6.54 Å². The first-order valence-corrected chi connectivity index (χ1v) is 6.55. The van der Waals surface area contributed by atoms with Crippen LogP contribution in [0.4, 0.5) is 10.5 Å². The quantitative estimate of drug-likeness (QED) is 0.906. The molecule has 0 bridgehead atoms. The molecule has 2 rings (SSSR count). The number of nitrogens with one attached hydrogen (secondary N) is 2. The van der Waals surface area contributed by atoms with Gasteiger partial charge in [-0.25, -0.2) is 9.78 Å². The molecule has 2 aromatic rings. The van der Waals surface area contributed by atoms with E-state index < -0.39 is 0 Å². The Labute approximate surface area is 114 Å². The number of carbonyl (C=O) groups is 1. The van der Waals surface area contributed by atoms with Crippen molar-refractivity contribution in [2.45, 2.75) is 13.5 Å². The third-order valence-electron chi connectivity index (χ3n) is 2.21. The normalized spacial score (nSPS) is 10.1. The number of anilines is 1. The molecule has 94 valence electrons. The number of aryl methyl sites for hydroxylation is 1. The Morgan fingerprint density at radius 3 is 2.89 bits per heavy atom. The van der Waals surface area contributed by atoms with Crippen LogP contribution in [0.1, 0.15) is 9.88 Å². The van der Waals surface area contributed by atoms with Gasteiger partial charge in [0.2, 0.25) is 0 Å². The van der Waals surface area contributed by atoms with E-state index in [1.54, 1.807) is 29.7 Å². The van der Waals surface area contributed by atoms with Crippen molar-refractivity contribution in [2.24, 2.45) is 0 Å². The smallest absolute Gasteiger partial charge is 0.319 e. The van der Waals surface area contributed by atoms with Crippen LogP contribution in [0.3, 0.4) is 0 Å². The predicted octanol–water partition coefficient (Wildman–Crippen LogP) is 3.43. The molecule has 6 heteroatoms. The number of urea groups is 1. The first-order chi connectivity index (χ1) is 8.65. The van der Waals surface area contributed by atoms with Crippen molar-refractivity contribution in [3.8, 4) is 0 Å². The Hall–Kier alpha value is -1.59. The molecule has 0 saturated heterocycles. The fourth-order valence-corrected chi connectivity index (χ4v) is 2.30. The number of benzene rings is 1. The molecule has 0 radical (unpaired) electrons. The van der Waals surface area contributed by atoms with Gasteiger partial charge in [-0.3, -0.25) is 0 Å². The molecule has 1 heterocycles. The van der Waals surface area contributed by atoms with Crippen LogP contribution in [0, 0.1) is 6.92 Å². The minimum Gasteiger partial charge on any atom is -0.333 e. The van der Waals surface area contributed by atoms with Gasteiger partial charge in [0.15, 0.2) is 0 Å². The molecule has 0 saturated carbocycles. The van der Waals surface area contributed by atoms with Gasteiger partial charge in [0.05, 0.1) is 22.3 Å². The summed E-state index contributed by atoms with van der Waals surface area (Å²) >= 11 is 7.50. The highest BCUT2D eigenvalue weighted by Gasteiger charge is 2.05. The fraction of sp³-hybridized carbons (Fsp3) is 0.167. The number of halogens is 1. The zero-order chi connectivity index (χ0) is 13.0. The zero-order valence-corrected chi connectivity index (χ0v) is 11.3. The molecule has 0 aliphatic rings. The first-order valence-electron chi connectivity index (χ1n) is 5.36. The lowest BCUT2D eigenvalue weighted by molar-refractivity contribution is 0.252. The summed E-state index contributed by atoms with van der Waals surface area (Å²) in [5, 5.41) is 6.94. The summed E-state index contributed by atoms with van der Waals surface area (Å²) in [6, 6.07) is 6.82. The molecule has 2 amide bonds. The number of hydrogen-bond acceptors (Lipinski definition) is 3. The van der Waals surface area contributed by atoms with Gasteiger partial charge < -0.3 is 10.6 Å². The summed E-state index contributed by atoms with van der Waals surface area (Å²) in [6.45, 7) is 2.39. The van der Waals surface area contributed by atoms with Gasteiger partial charge in [0, 0.05) is 11.1 Å². The second-order valence-corrected chi connectivity index (χ2v) is 5.36. The summed E-state index contributed by atoms with van der Waals surface area (Å²) in [4.78, 5) is 16.8. The van der Waals surface area contributed by atoms with Gasteiger partial charge >= 0.3 is 6.03 Å². The number of para-hydroxylation sites is 1. The van der Waals surface area contributed by atoms with Crippen molar-refractivity contribution >= 4 is 34.7 Å². The van der Waals surface area contributed by atoms with Gasteiger partial charge in [-0.05, 0) is 19.1 Å². The van der Waals surface area contributed by atoms with Crippen molar-refractivity contribution < 1.29 is 4.79 Å². The van der Waals surface area contributed by atoms with Gasteiger partial charge in [-0.15, -0.1) is 11.3 Å². The van der Waals surface area contributed by atoms with Crippen LogP contribution >= 0.6 is 22.9 Å². The van der Waals surface area contributed by atoms with Gasteiger partial charge in [0.1, 0.15) is 0 Å². The van der Waals surface area contributed by atoms with Crippen LogP contribution in [0.15, 0.2) is 30.5 Å². The molecule has 1 aromatic heterocycles. The van der Waals surface area contributed by atoms with E-state index in [4.69, 9.17) is 11.6 Å². The molecule has 0 aliphatic heterocycles. The second kappa shape index (κ2) is 5.84. The van der Waals surface area contributed by atoms with Crippen molar-refractivity contribution in [3.05, 3.63) is 45.4 Å². The molecule has 18 heavy (non-hydrogen) atoms. The number of rotatable bonds is 3. The van der Waals surface area contributed by atoms with Crippen LogP contribution in [-0.4, -0.2) is 11.0 Å². The van der Waals surface area contributed by atoms with Crippen molar-refractivity contribution in [2.75, 3.05) is 5.32 Å². The molecule has 0 aliphatic carbocycles. The number of aromatic nitrogens is 1. The second-order valence-electron chi connectivity index (χ2n) is 3.63. The van der Waals surface area contributed by atoms with Crippen LogP contribution in [0.2, 0.25) is 5.02 Å². The number of carbonyl (C=O) groups excluding carboxylic acids is 1. The first kappa shape index (κ1) is 12.9. The summed E-state index contributed by atoms with van der Waals surface area (Å²) < 4.78 is 0. The lowest BCUT2D eigenvalue weighted by atomic mass is 10.3. The van der Waals surface area contributed by atoms with Crippen LogP contribution in [0.5, 0.6) is 0 Å². The Kier molecular flexibility index (Phi) is 4.17. The minimum absolute atomic E-state index is 0.283. The van der Waals surface area contributed by atoms with E-state index in [9.17, 15) is 4.79 Å². The van der Waals surface area contributed by atoms with E-state index >= 15 is 0 Å². The Bertz CT molecular complexity index is 556. The largest absolute Gasteiger partial charge is 0.333 e. The van der Waals surface area contributed by atoms with Crippen molar-refractivity contribution in [3.63, 3.8) is 0 Å². The molecular formula is C12H12ClN3OS. The van der Waals surface area contributed by atoms with Crippen LogP contribution < -0.4 is 10.6 Å². The lowest BCUT2D eigenvalue weighted by Gasteiger charge is -2.07. The number of hydrogen-bond donors (Lipinski definition) is 2. The van der Waals surface area contributed by atoms with E-state index in [2.05, 4.69) is 15.6 Å². The molecular weight excluding hydrogens is 270 g/mol. The van der Waals surface area contributed by atoms with Crippen molar-refractivity contribution in [1.29, 1.82) is 0 Å². The minimum atomic E-state index is -0.283. The molecule has 2 N–H and O–H groups in total. The maximum atomic E-state index is 11.6. The monoisotopic (exact) mass is 281 g/mol. The average molecular weight is 282 g/mol. The lowest BCUT2D eigenvalue weighted by Crippen LogP contribution is -2.27. The highest BCUT2D eigenvalue weighted by atomic mass is 35.5. The third kappa shape index (κ3) is 3.45. The van der Waals surface area contributed by atoms with Gasteiger partial charge in [-0.1, -0.05) is 23.7 Å². The molecule has 0 fully saturated rings. The van der Waals surface area contributed by atoms with E-state index in [-0.39, 0.29) is 6.03 Å². The van der Waals surface area contributed by atoms with Gasteiger partial charge in [-0.2, -0.15) is 0 Å². The maximum Gasteiger partial charge on any atom is 0.319 e. The summed E-state index contributed by atoms with van der Waals surface area (Å²) in [6.07, 6.45) is 1.76. The zero-order valence-electron chi connectivity index (χ0n) is 9.74. The predicted molar refractivity (Wildman–Crippen MR) is 74.2 cm³/mol. The number of amides is 2. The summed E-state index contributed by atoms with van der Waals surface area (Å²) in [7, 11) is 0. The number of thiazole rings is 1. The number of nitrogens with zero attached hydrogens (tertiary/aromatic N) is 1. The molecule has 0 spiro atoms. The molecule has 4 nitrogen and oxygen atoms in total. The third-order valence-corrected chi connectivity index (χ3v) is 3.46. The maximum absolute atomic E-state index is 11.6. The summed E-state index contributed by atoms with van der Waals surface area (Å²) in [5.74, 6) is 0. The average Bonchev–Trinajstić information content (AvgIpc) is 2.76. The van der Waals surface area contributed by atoms with E-state index in [0.717, 1.165) is 9.88 Å². The van der Waals surface area contributed by atoms with Crippen LogP contribution in [0.25, 0.3) is 0 Å². The Morgan fingerprint density at radius 1 is 1.44 bits per heavy atom. The Morgan fingerprint density at radius 2 is 2.22 bits per heavy atom. The highest BCUT2D eigenvalue weighted by molar-refractivity contribution is 7.11. The van der Waals surface area contributed by atoms with E-state index in [1.807, 2.05) is 19.1 Å². The van der Waals surface area contributed by atoms with Gasteiger partial charge in [0.25, 0.3) is 0 Å². The molecule has 0 atom stereocenters. The fourth-order valence-electron chi connectivity index (χ4n) is 1.38. The topological polar surface area (TPSA) is 54.0 Å². The van der Waals surface area contributed by atoms with E-state index in [0.29, 0.717) is 17.3 Å². The highest BCUT2D eigenvalue weighted by Crippen LogP contribution is 2.20. The summed E-state index contributed by atoms with van der Waals surface area (Å²) in [5.41, 5.74) is 0.595. The SMILES string of the molecule is Cc1ncc(CNC(=O)Nc2ccccc2Cl)s1. The standard InChI is InChI=1S/C12H12ClN3OS/c1-8-14-6-9(18-8)7-15-12(17)16-11-5-3-2-4-10(11)13/h2-6H,7H2,1H3,(H2,15,16,17). The van der Waals surface area contributed by atoms with Crippen molar-refractivity contribution in [1.82, 2.24) is 10.3 Å².